The standard InChI is InChI=1S/C15H13Cl2N3O2/c1-20(14(22)11-8-15(11,16)17)10-4-2-9(3-5-10)12-6-7-13(21)19-18-12/h2-7,11H,8H2,1H3,(H,19,21). The molecule has 1 aromatic carbocycles. The van der Waals surface area contributed by atoms with Gasteiger partial charge in [-0.2, -0.15) is 5.10 Å². The minimum Gasteiger partial charge on any atom is -0.315 e. The average Bonchev–Trinajstić information content (AvgIpc) is 3.15. The van der Waals surface area contributed by atoms with E-state index in [1.165, 1.54) is 6.07 Å². The molecule has 0 saturated heterocycles. The molecule has 0 bridgehead atoms. The molecule has 1 aliphatic rings. The van der Waals surface area contributed by atoms with E-state index in [4.69, 9.17) is 23.2 Å². The van der Waals surface area contributed by atoms with Crippen LogP contribution in [0.5, 0.6) is 0 Å². The Labute approximate surface area is 136 Å². The topological polar surface area (TPSA) is 66.1 Å². The lowest BCUT2D eigenvalue weighted by atomic mass is 10.1. The van der Waals surface area contributed by atoms with Crippen molar-refractivity contribution in [1.29, 1.82) is 0 Å². The number of hydrogen-bond acceptors (Lipinski definition) is 3. The van der Waals surface area contributed by atoms with Gasteiger partial charge in [-0.25, -0.2) is 5.10 Å². The molecule has 1 amide bonds. The van der Waals surface area contributed by atoms with E-state index in [0.717, 1.165) is 11.3 Å². The number of anilines is 1. The molecule has 1 aromatic heterocycles. The van der Waals surface area contributed by atoms with Crippen molar-refractivity contribution in [3.05, 3.63) is 46.8 Å². The van der Waals surface area contributed by atoms with Gasteiger partial charge in [0.25, 0.3) is 5.56 Å². The minimum absolute atomic E-state index is 0.0973. The zero-order valence-corrected chi connectivity index (χ0v) is 13.2. The van der Waals surface area contributed by atoms with Crippen LogP contribution in [0.25, 0.3) is 11.3 Å². The molecule has 0 aliphatic heterocycles. The van der Waals surface area contributed by atoms with E-state index in [0.29, 0.717) is 12.1 Å². The maximum absolute atomic E-state index is 12.2. The third kappa shape index (κ3) is 2.87. The third-order valence-corrected chi connectivity index (χ3v) is 4.52. The number of nitrogens with zero attached hydrogens (tertiary/aromatic N) is 2. The summed E-state index contributed by atoms with van der Waals surface area (Å²) in [5, 5.41) is 6.35. The largest absolute Gasteiger partial charge is 0.315 e. The maximum atomic E-state index is 12.2. The number of aromatic nitrogens is 2. The fourth-order valence-corrected chi connectivity index (χ4v) is 2.70. The Kier molecular flexibility index (Phi) is 3.70. The minimum atomic E-state index is -0.925. The number of rotatable bonds is 3. The van der Waals surface area contributed by atoms with Crippen molar-refractivity contribution in [2.75, 3.05) is 11.9 Å². The zero-order chi connectivity index (χ0) is 15.9. The summed E-state index contributed by atoms with van der Waals surface area (Å²) in [5.41, 5.74) is 1.99. The van der Waals surface area contributed by atoms with Gasteiger partial charge in [0.05, 0.1) is 11.6 Å². The van der Waals surface area contributed by atoms with Crippen molar-refractivity contribution in [2.24, 2.45) is 5.92 Å². The number of carbonyl (C=O) groups excluding carboxylic acids is 1. The first kappa shape index (κ1) is 15.1. The van der Waals surface area contributed by atoms with Gasteiger partial charge in [-0.05, 0) is 24.6 Å². The van der Waals surface area contributed by atoms with E-state index in [1.54, 1.807) is 18.0 Å². The van der Waals surface area contributed by atoms with E-state index < -0.39 is 4.33 Å². The first-order valence-corrected chi connectivity index (χ1v) is 7.45. The molecule has 5 nitrogen and oxygen atoms in total. The number of alkyl halides is 2. The number of aromatic amines is 1. The highest BCUT2D eigenvalue weighted by Gasteiger charge is 2.57. The van der Waals surface area contributed by atoms with Gasteiger partial charge in [0, 0.05) is 24.4 Å². The van der Waals surface area contributed by atoms with E-state index in [1.807, 2.05) is 24.3 Å². The van der Waals surface area contributed by atoms with E-state index in [-0.39, 0.29) is 17.4 Å². The van der Waals surface area contributed by atoms with Gasteiger partial charge < -0.3 is 4.90 Å². The number of nitrogens with one attached hydrogen (secondary N) is 1. The average molecular weight is 338 g/mol. The molecule has 22 heavy (non-hydrogen) atoms. The number of halogens is 2. The van der Waals surface area contributed by atoms with Crippen LogP contribution in [-0.2, 0) is 4.79 Å². The van der Waals surface area contributed by atoms with Crippen LogP contribution < -0.4 is 10.5 Å². The summed E-state index contributed by atoms with van der Waals surface area (Å²) in [4.78, 5) is 24.8. The molecule has 3 rings (SSSR count). The summed E-state index contributed by atoms with van der Waals surface area (Å²) in [6, 6.07) is 10.4. The lowest BCUT2D eigenvalue weighted by Crippen LogP contribution is -2.29. The van der Waals surface area contributed by atoms with E-state index in [2.05, 4.69) is 10.2 Å². The Balaban J connectivity index is 1.78. The van der Waals surface area contributed by atoms with Crippen LogP contribution in [0.2, 0.25) is 0 Å². The number of benzene rings is 1. The smallest absolute Gasteiger partial charge is 0.264 e. The van der Waals surface area contributed by atoms with Gasteiger partial charge >= 0.3 is 0 Å². The highest BCUT2D eigenvalue weighted by Crippen LogP contribution is 2.54. The van der Waals surface area contributed by atoms with Crippen LogP contribution in [0.3, 0.4) is 0 Å². The van der Waals surface area contributed by atoms with Crippen molar-refractivity contribution in [1.82, 2.24) is 10.2 Å². The SMILES string of the molecule is CN(C(=O)C1CC1(Cl)Cl)c1ccc(-c2ccc(=O)[nH]n2)cc1. The fraction of sp³-hybridized carbons (Fsp3) is 0.267. The molecule has 0 spiro atoms. The summed E-state index contributed by atoms with van der Waals surface area (Å²) < 4.78 is -0.925. The number of hydrogen-bond donors (Lipinski definition) is 1. The van der Waals surface area contributed by atoms with Crippen molar-refractivity contribution in [3.8, 4) is 11.3 Å². The summed E-state index contributed by atoms with van der Waals surface area (Å²) in [6.45, 7) is 0. The van der Waals surface area contributed by atoms with Crippen LogP contribution in [0.4, 0.5) is 5.69 Å². The number of amides is 1. The van der Waals surface area contributed by atoms with Gasteiger partial charge in [0.2, 0.25) is 5.91 Å². The molecule has 1 heterocycles. The predicted octanol–water partition coefficient (Wildman–Crippen LogP) is 2.59. The number of H-pyrrole nitrogens is 1. The van der Waals surface area contributed by atoms with E-state index >= 15 is 0 Å². The van der Waals surface area contributed by atoms with Gasteiger partial charge in [-0.15, -0.1) is 23.2 Å². The Hall–Kier alpha value is -1.85. The van der Waals surface area contributed by atoms with E-state index in [9.17, 15) is 9.59 Å². The molecular weight excluding hydrogens is 325 g/mol. The highest BCUT2D eigenvalue weighted by atomic mass is 35.5. The van der Waals surface area contributed by atoms with Crippen molar-refractivity contribution in [3.63, 3.8) is 0 Å². The van der Waals surface area contributed by atoms with Crippen molar-refractivity contribution >= 4 is 34.8 Å². The van der Waals surface area contributed by atoms with Gasteiger partial charge in [0.15, 0.2) is 0 Å². The molecule has 7 heteroatoms. The Bertz CT molecular complexity index is 751. The molecular formula is C15H13Cl2N3O2. The van der Waals surface area contributed by atoms with Gasteiger partial charge in [0.1, 0.15) is 4.33 Å². The van der Waals surface area contributed by atoms with Crippen LogP contribution in [-0.4, -0.2) is 27.5 Å². The third-order valence-electron chi connectivity index (χ3n) is 3.68. The normalized spacial score (nSPS) is 18.8. The second-order valence-electron chi connectivity index (χ2n) is 5.27. The predicted molar refractivity (Wildman–Crippen MR) is 86.2 cm³/mol. The molecule has 1 aliphatic carbocycles. The molecule has 114 valence electrons. The summed E-state index contributed by atoms with van der Waals surface area (Å²) in [6.07, 6.45) is 0.485. The molecule has 1 fully saturated rings. The molecule has 2 aromatic rings. The highest BCUT2D eigenvalue weighted by molar-refractivity contribution is 6.52. The second kappa shape index (κ2) is 5.41. The lowest BCUT2D eigenvalue weighted by molar-refractivity contribution is -0.119. The van der Waals surface area contributed by atoms with Crippen LogP contribution >= 0.6 is 23.2 Å². The fourth-order valence-electron chi connectivity index (χ4n) is 2.20. The summed E-state index contributed by atoms with van der Waals surface area (Å²) >= 11 is 11.9. The summed E-state index contributed by atoms with van der Waals surface area (Å²) in [7, 11) is 1.69. The molecule has 0 radical (unpaired) electrons. The van der Waals surface area contributed by atoms with Crippen LogP contribution in [0.15, 0.2) is 41.2 Å². The Morgan fingerprint density at radius 1 is 1.27 bits per heavy atom. The maximum Gasteiger partial charge on any atom is 0.264 e. The molecule has 1 N–H and O–H groups in total. The zero-order valence-electron chi connectivity index (χ0n) is 11.7. The molecule has 1 atom stereocenters. The van der Waals surface area contributed by atoms with Crippen molar-refractivity contribution in [2.45, 2.75) is 10.8 Å². The monoisotopic (exact) mass is 337 g/mol. The Morgan fingerprint density at radius 3 is 2.41 bits per heavy atom. The number of carbonyl (C=O) groups is 1. The molecule has 1 unspecified atom stereocenters. The second-order valence-corrected chi connectivity index (χ2v) is 6.81. The van der Waals surface area contributed by atoms with Gasteiger partial charge in [-0.1, -0.05) is 12.1 Å². The first-order valence-electron chi connectivity index (χ1n) is 6.70. The van der Waals surface area contributed by atoms with Crippen LogP contribution in [0, 0.1) is 5.92 Å². The van der Waals surface area contributed by atoms with Gasteiger partial charge in [-0.3, -0.25) is 9.59 Å². The van der Waals surface area contributed by atoms with Crippen molar-refractivity contribution < 1.29 is 4.79 Å². The Morgan fingerprint density at radius 2 is 1.91 bits per heavy atom. The van der Waals surface area contributed by atoms with Crippen LogP contribution in [0.1, 0.15) is 6.42 Å². The molecule has 1 saturated carbocycles. The summed E-state index contributed by atoms with van der Waals surface area (Å²) in [5.74, 6) is -0.443. The first-order chi connectivity index (χ1) is 10.4. The lowest BCUT2D eigenvalue weighted by Gasteiger charge is -2.18. The quantitative estimate of drug-likeness (QED) is 0.875.